The van der Waals surface area contributed by atoms with Crippen LogP contribution in [0, 0.1) is 0 Å². The van der Waals surface area contributed by atoms with Gasteiger partial charge in [0, 0.05) is 41.5 Å². The fraction of sp³-hybridized carbons (Fsp3) is 0.300. The number of oxime groups is 1. The number of rotatable bonds is 15. The zero-order valence-corrected chi connectivity index (χ0v) is 23.0. The molecule has 0 amide bonds. The van der Waals surface area contributed by atoms with Crippen LogP contribution in [0.4, 0.5) is 0 Å². The highest BCUT2D eigenvalue weighted by molar-refractivity contribution is 7.12. The standard InChI is InChI=1S/C30H35N5O3S/c1-2-27-29(34-28(39-27)21-33-20-22-7-6-16-32-19-22)23-8-12-25(13-9-23)37-17-4-3-5-18-38-26-14-10-24(11-15-26)30(31)35-36/h6-16,19,33,36H,2-5,17-18,20-21H2,1H3,(H2,31,35). The smallest absolute Gasteiger partial charge is 0.170 e. The molecule has 0 saturated heterocycles. The minimum atomic E-state index is 0.0835. The molecule has 4 aromatic rings. The van der Waals surface area contributed by atoms with E-state index in [4.69, 9.17) is 25.4 Å². The van der Waals surface area contributed by atoms with Crippen molar-refractivity contribution in [3.63, 3.8) is 0 Å². The van der Waals surface area contributed by atoms with Gasteiger partial charge in [-0.25, -0.2) is 4.98 Å². The van der Waals surface area contributed by atoms with Crippen LogP contribution in [0.25, 0.3) is 11.3 Å². The van der Waals surface area contributed by atoms with Gasteiger partial charge in [0.1, 0.15) is 16.5 Å². The van der Waals surface area contributed by atoms with Crippen molar-refractivity contribution in [2.75, 3.05) is 13.2 Å². The lowest BCUT2D eigenvalue weighted by Crippen LogP contribution is -2.12. The Labute approximate surface area is 233 Å². The van der Waals surface area contributed by atoms with E-state index in [0.717, 1.165) is 72.1 Å². The van der Waals surface area contributed by atoms with Crippen molar-refractivity contribution in [3.8, 4) is 22.8 Å². The van der Waals surface area contributed by atoms with Crippen LogP contribution in [0.5, 0.6) is 11.5 Å². The highest BCUT2D eigenvalue weighted by atomic mass is 32.1. The minimum absolute atomic E-state index is 0.0835. The minimum Gasteiger partial charge on any atom is -0.494 e. The molecule has 0 aliphatic heterocycles. The van der Waals surface area contributed by atoms with Gasteiger partial charge in [-0.2, -0.15) is 0 Å². The second-order valence-electron chi connectivity index (χ2n) is 8.99. The molecule has 4 N–H and O–H groups in total. The second kappa shape index (κ2) is 14.8. The van der Waals surface area contributed by atoms with Gasteiger partial charge in [-0.15, -0.1) is 11.3 Å². The number of unbranched alkanes of at least 4 members (excludes halogenated alkanes) is 2. The van der Waals surface area contributed by atoms with Crippen LogP contribution in [-0.2, 0) is 19.5 Å². The average molecular weight is 546 g/mol. The summed E-state index contributed by atoms with van der Waals surface area (Å²) in [5.74, 6) is 1.72. The van der Waals surface area contributed by atoms with Crippen molar-refractivity contribution in [1.82, 2.24) is 15.3 Å². The van der Waals surface area contributed by atoms with Gasteiger partial charge in [0.05, 0.1) is 18.9 Å². The maximum Gasteiger partial charge on any atom is 0.170 e. The predicted molar refractivity (Wildman–Crippen MR) is 156 cm³/mol. The number of benzene rings is 2. The number of aromatic nitrogens is 2. The van der Waals surface area contributed by atoms with Crippen LogP contribution in [0.3, 0.4) is 0 Å². The summed E-state index contributed by atoms with van der Waals surface area (Å²) in [4.78, 5) is 10.4. The summed E-state index contributed by atoms with van der Waals surface area (Å²) in [6.45, 7) is 4.98. The number of amidine groups is 1. The zero-order valence-electron chi connectivity index (χ0n) is 22.2. The number of ether oxygens (including phenoxy) is 2. The molecule has 2 aromatic carbocycles. The molecule has 0 aliphatic carbocycles. The Kier molecular flexibility index (Phi) is 10.7. The van der Waals surface area contributed by atoms with Gasteiger partial charge in [-0.3, -0.25) is 4.98 Å². The van der Waals surface area contributed by atoms with E-state index < -0.39 is 0 Å². The van der Waals surface area contributed by atoms with E-state index in [0.29, 0.717) is 18.8 Å². The molecule has 2 aromatic heterocycles. The first-order valence-electron chi connectivity index (χ1n) is 13.2. The van der Waals surface area contributed by atoms with Crippen LogP contribution >= 0.6 is 11.3 Å². The van der Waals surface area contributed by atoms with E-state index in [1.807, 2.05) is 36.5 Å². The van der Waals surface area contributed by atoms with E-state index in [-0.39, 0.29) is 5.84 Å². The highest BCUT2D eigenvalue weighted by Gasteiger charge is 2.12. The van der Waals surface area contributed by atoms with Gasteiger partial charge < -0.3 is 25.7 Å². The van der Waals surface area contributed by atoms with Crippen LogP contribution in [0.1, 0.15) is 47.2 Å². The van der Waals surface area contributed by atoms with Gasteiger partial charge in [-0.1, -0.05) is 18.1 Å². The second-order valence-corrected chi connectivity index (χ2v) is 10.2. The van der Waals surface area contributed by atoms with Gasteiger partial charge in [0.15, 0.2) is 5.84 Å². The Hall–Kier alpha value is -3.95. The molecule has 0 bridgehead atoms. The van der Waals surface area contributed by atoms with Gasteiger partial charge >= 0.3 is 0 Å². The van der Waals surface area contributed by atoms with Crippen LogP contribution in [0.2, 0.25) is 0 Å². The number of hydrogen-bond acceptors (Lipinski definition) is 8. The van der Waals surface area contributed by atoms with E-state index in [2.05, 4.69) is 40.6 Å². The summed E-state index contributed by atoms with van der Waals surface area (Å²) in [5, 5.41) is 16.3. The molecule has 2 heterocycles. The lowest BCUT2D eigenvalue weighted by molar-refractivity contribution is 0.279. The molecule has 0 radical (unpaired) electrons. The number of pyridine rings is 1. The molecule has 0 saturated carbocycles. The van der Waals surface area contributed by atoms with Gasteiger partial charge in [0.25, 0.3) is 0 Å². The summed E-state index contributed by atoms with van der Waals surface area (Å²) in [6, 6.07) is 19.4. The average Bonchev–Trinajstić information content (AvgIpc) is 3.40. The van der Waals surface area contributed by atoms with Crippen LogP contribution < -0.4 is 20.5 Å². The van der Waals surface area contributed by atoms with Gasteiger partial charge in [0.2, 0.25) is 0 Å². The number of nitrogens with one attached hydrogen (secondary N) is 1. The highest BCUT2D eigenvalue weighted by Crippen LogP contribution is 2.30. The molecule has 0 fully saturated rings. The maximum absolute atomic E-state index is 8.72. The lowest BCUT2D eigenvalue weighted by atomic mass is 10.1. The molecular formula is C30H35N5O3S. The van der Waals surface area contributed by atoms with Crippen molar-refractivity contribution in [2.45, 2.75) is 45.7 Å². The Bertz CT molecular complexity index is 1310. The van der Waals surface area contributed by atoms with Crippen LogP contribution in [-0.4, -0.2) is 34.2 Å². The first-order valence-corrected chi connectivity index (χ1v) is 14.0. The van der Waals surface area contributed by atoms with E-state index in [9.17, 15) is 0 Å². The largest absolute Gasteiger partial charge is 0.494 e. The summed E-state index contributed by atoms with van der Waals surface area (Å²) in [6.07, 6.45) is 7.52. The Morgan fingerprint density at radius 3 is 2.26 bits per heavy atom. The number of thiazole rings is 1. The first kappa shape index (κ1) is 28.1. The summed E-state index contributed by atoms with van der Waals surface area (Å²) < 4.78 is 11.7. The molecule has 204 valence electrons. The number of nitrogens with two attached hydrogens (primary N) is 1. The SMILES string of the molecule is CCc1sc(CNCc2cccnc2)nc1-c1ccc(OCCCCCOc2ccc(/C(N)=N/O)cc2)cc1. The van der Waals surface area contributed by atoms with E-state index >= 15 is 0 Å². The van der Waals surface area contributed by atoms with Gasteiger partial charge in [-0.05, 0) is 85.8 Å². The summed E-state index contributed by atoms with van der Waals surface area (Å²) in [7, 11) is 0. The number of hydrogen-bond donors (Lipinski definition) is 3. The number of aryl methyl sites for hydroxylation is 1. The zero-order chi connectivity index (χ0) is 27.3. The third kappa shape index (κ3) is 8.53. The molecule has 9 heteroatoms. The van der Waals surface area contributed by atoms with Crippen LogP contribution in [0.15, 0.2) is 78.2 Å². The van der Waals surface area contributed by atoms with Crippen molar-refractivity contribution < 1.29 is 14.7 Å². The quantitative estimate of drug-likeness (QED) is 0.0570. The predicted octanol–water partition coefficient (Wildman–Crippen LogP) is 5.78. The third-order valence-electron chi connectivity index (χ3n) is 6.10. The van der Waals surface area contributed by atoms with E-state index in [1.165, 1.54) is 4.88 Å². The molecule has 4 rings (SSSR count). The summed E-state index contributed by atoms with van der Waals surface area (Å²) >= 11 is 1.77. The fourth-order valence-corrected chi connectivity index (χ4v) is 5.01. The topological polar surface area (TPSA) is 115 Å². The molecule has 39 heavy (non-hydrogen) atoms. The van der Waals surface area contributed by atoms with Crippen molar-refractivity contribution in [1.29, 1.82) is 0 Å². The van der Waals surface area contributed by atoms with E-state index in [1.54, 1.807) is 29.7 Å². The molecule has 8 nitrogen and oxygen atoms in total. The van der Waals surface area contributed by atoms with Crippen molar-refractivity contribution in [3.05, 3.63) is 94.1 Å². The lowest BCUT2D eigenvalue weighted by Gasteiger charge is -2.09. The Morgan fingerprint density at radius 1 is 0.949 bits per heavy atom. The third-order valence-corrected chi connectivity index (χ3v) is 7.30. The molecule has 0 spiro atoms. The van der Waals surface area contributed by atoms with Crippen molar-refractivity contribution >= 4 is 17.2 Å². The Balaban J connectivity index is 1.16. The normalized spacial score (nSPS) is 11.5. The molecule has 0 atom stereocenters. The molecule has 0 aliphatic rings. The molecular weight excluding hydrogens is 510 g/mol. The van der Waals surface area contributed by atoms with Crippen molar-refractivity contribution in [2.24, 2.45) is 10.9 Å². The fourth-order valence-electron chi connectivity index (χ4n) is 4.01. The Morgan fingerprint density at radius 2 is 1.64 bits per heavy atom. The number of nitrogens with zero attached hydrogens (tertiary/aromatic N) is 3. The first-order chi connectivity index (χ1) is 19.2. The monoisotopic (exact) mass is 545 g/mol. The molecule has 0 unspecified atom stereocenters. The summed E-state index contributed by atoms with van der Waals surface area (Å²) in [5.41, 5.74) is 9.57. The maximum atomic E-state index is 8.72.